The van der Waals surface area contributed by atoms with Gasteiger partial charge < -0.3 is 9.90 Å². The van der Waals surface area contributed by atoms with Crippen molar-refractivity contribution in [3.63, 3.8) is 0 Å². The van der Waals surface area contributed by atoms with Crippen molar-refractivity contribution >= 4 is 21.8 Å². The number of nitrogens with one attached hydrogen (secondary N) is 1. The minimum absolute atomic E-state index is 0.0864. The Bertz CT molecular complexity index is 871. The maximum atomic E-state index is 11.9. The molecule has 2 aromatic rings. The molecule has 0 saturated heterocycles. The first-order chi connectivity index (χ1) is 10.5. The molecule has 0 atom stereocenters. The molecule has 1 aliphatic rings. The van der Waals surface area contributed by atoms with Gasteiger partial charge in [-0.1, -0.05) is 36.4 Å². The van der Waals surface area contributed by atoms with Gasteiger partial charge in [-0.15, -0.1) is 0 Å². The molecule has 7 heteroatoms. The lowest BCUT2D eigenvalue weighted by molar-refractivity contribution is -0.255. The summed E-state index contributed by atoms with van der Waals surface area (Å²) in [5.41, 5.74) is 1.39. The van der Waals surface area contributed by atoms with Crippen LogP contribution in [0.2, 0.25) is 0 Å². The molecule has 0 unspecified atom stereocenters. The Morgan fingerprint density at radius 2 is 1.77 bits per heavy atom. The van der Waals surface area contributed by atoms with E-state index in [9.17, 15) is 18.3 Å². The van der Waals surface area contributed by atoms with Crippen molar-refractivity contribution in [2.75, 3.05) is 0 Å². The highest BCUT2D eigenvalue weighted by molar-refractivity contribution is 7.90. The Morgan fingerprint density at radius 3 is 2.45 bits per heavy atom. The summed E-state index contributed by atoms with van der Waals surface area (Å²) in [4.78, 5) is 15.2. The van der Waals surface area contributed by atoms with Crippen LogP contribution in [0.4, 0.5) is 0 Å². The third-order valence-electron chi connectivity index (χ3n) is 3.27. The van der Waals surface area contributed by atoms with Crippen LogP contribution in [-0.4, -0.2) is 20.2 Å². The van der Waals surface area contributed by atoms with E-state index in [1.807, 2.05) is 0 Å². The van der Waals surface area contributed by atoms with Crippen LogP contribution >= 0.6 is 0 Å². The highest BCUT2D eigenvalue weighted by Gasteiger charge is 2.29. The van der Waals surface area contributed by atoms with Gasteiger partial charge in [0, 0.05) is 5.56 Å². The molecule has 0 aliphatic carbocycles. The van der Waals surface area contributed by atoms with Gasteiger partial charge in [0.05, 0.1) is 17.4 Å². The molecule has 1 aliphatic heterocycles. The molecular weight excluding hydrogens is 304 g/mol. The smallest absolute Gasteiger partial charge is 0.263 e. The van der Waals surface area contributed by atoms with E-state index in [2.05, 4.69) is 9.71 Å². The number of fused-ring (bicyclic) bond motifs is 1. The average Bonchev–Trinajstić information content (AvgIpc) is 2.77. The summed E-state index contributed by atoms with van der Waals surface area (Å²) in [5.74, 6) is -0.949. The van der Waals surface area contributed by atoms with Crippen molar-refractivity contribution < 1.29 is 18.3 Å². The lowest BCUT2D eigenvalue weighted by atomic mass is 10.1. The molecule has 0 amide bonds. The lowest BCUT2D eigenvalue weighted by Gasteiger charge is -2.03. The van der Waals surface area contributed by atoms with Gasteiger partial charge in [0.1, 0.15) is 5.84 Å². The second-order valence-electron chi connectivity index (χ2n) is 4.75. The average molecular weight is 315 g/mol. The van der Waals surface area contributed by atoms with Gasteiger partial charge in [0.25, 0.3) is 10.0 Å². The number of aliphatic imine (C=N–C) groups is 1. The summed E-state index contributed by atoms with van der Waals surface area (Å²) in [7, 11) is -3.54. The minimum atomic E-state index is -3.54. The molecule has 2 aromatic carbocycles. The fourth-order valence-corrected chi connectivity index (χ4v) is 3.42. The second-order valence-corrected chi connectivity index (χ2v) is 6.40. The summed E-state index contributed by atoms with van der Waals surface area (Å²) in [5, 5.41) is 10.7. The number of carboxylic acids is 1. The van der Waals surface area contributed by atoms with Crippen LogP contribution < -0.4 is 9.83 Å². The lowest BCUT2D eigenvalue weighted by Crippen LogP contribution is -2.22. The Balaban J connectivity index is 1.87. The number of hydrogen-bond acceptors (Lipinski definition) is 5. The number of amidine groups is 1. The zero-order valence-electron chi connectivity index (χ0n) is 11.3. The Morgan fingerprint density at radius 1 is 1.09 bits per heavy atom. The number of sulfonamides is 1. The molecular formula is C15H11N2O4S-. The van der Waals surface area contributed by atoms with E-state index in [1.54, 1.807) is 30.3 Å². The summed E-state index contributed by atoms with van der Waals surface area (Å²) in [6, 6.07) is 12.7. The first-order valence-corrected chi connectivity index (χ1v) is 7.93. The van der Waals surface area contributed by atoms with Crippen LogP contribution in [0.3, 0.4) is 0 Å². The highest BCUT2D eigenvalue weighted by Crippen LogP contribution is 2.22. The summed E-state index contributed by atoms with van der Waals surface area (Å²) >= 11 is 0. The normalized spacial score (nSPS) is 17.0. The maximum Gasteiger partial charge on any atom is 0.263 e. The SMILES string of the molecule is O=C([O-])c1ccc(CN=C2NS(=O)(=O)c3ccccc32)cc1. The first kappa shape index (κ1) is 14.3. The van der Waals surface area contributed by atoms with Crippen molar-refractivity contribution in [2.24, 2.45) is 4.99 Å². The number of carbonyl (C=O) groups excluding carboxylic acids is 1. The zero-order chi connectivity index (χ0) is 15.7. The number of benzene rings is 2. The zero-order valence-corrected chi connectivity index (χ0v) is 12.1. The van der Waals surface area contributed by atoms with Gasteiger partial charge in [-0.05, 0) is 23.3 Å². The van der Waals surface area contributed by atoms with Crippen LogP contribution in [0.15, 0.2) is 58.4 Å². The maximum absolute atomic E-state index is 11.9. The second kappa shape index (κ2) is 5.27. The van der Waals surface area contributed by atoms with E-state index in [4.69, 9.17) is 0 Å². The largest absolute Gasteiger partial charge is 0.545 e. The Kier molecular flexibility index (Phi) is 3.42. The van der Waals surface area contributed by atoms with Crippen LogP contribution in [0.1, 0.15) is 21.5 Å². The number of carboxylic acid groups (broad SMARTS) is 1. The topological polar surface area (TPSA) is 98.7 Å². The van der Waals surface area contributed by atoms with Crippen molar-refractivity contribution in [3.8, 4) is 0 Å². The van der Waals surface area contributed by atoms with Crippen LogP contribution in [0, 0.1) is 0 Å². The molecule has 0 saturated carbocycles. The van der Waals surface area contributed by atoms with Gasteiger partial charge >= 0.3 is 0 Å². The molecule has 0 aromatic heterocycles. The van der Waals surface area contributed by atoms with Gasteiger partial charge in [-0.2, -0.15) is 0 Å². The number of hydrogen-bond donors (Lipinski definition) is 1. The fourth-order valence-electron chi connectivity index (χ4n) is 2.17. The number of nitrogens with zero attached hydrogens (tertiary/aromatic N) is 1. The summed E-state index contributed by atoms with van der Waals surface area (Å²) in [6.07, 6.45) is 0. The van der Waals surface area contributed by atoms with Crippen molar-refractivity contribution in [1.82, 2.24) is 4.72 Å². The van der Waals surface area contributed by atoms with Crippen LogP contribution in [-0.2, 0) is 16.6 Å². The molecule has 0 bridgehead atoms. The van der Waals surface area contributed by atoms with Gasteiger partial charge in [-0.25, -0.2) is 8.42 Å². The van der Waals surface area contributed by atoms with Crippen molar-refractivity contribution in [2.45, 2.75) is 11.4 Å². The van der Waals surface area contributed by atoms with E-state index < -0.39 is 16.0 Å². The number of rotatable bonds is 3. The third kappa shape index (κ3) is 2.58. The molecule has 0 radical (unpaired) electrons. The molecule has 6 nitrogen and oxygen atoms in total. The van der Waals surface area contributed by atoms with E-state index >= 15 is 0 Å². The predicted octanol–water partition coefficient (Wildman–Crippen LogP) is 0.289. The van der Waals surface area contributed by atoms with E-state index in [-0.39, 0.29) is 17.0 Å². The van der Waals surface area contributed by atoms with Crippen molar-refractivity contribution in [3.05, 3.63) is 65.2 Å². The summed E-state index contributed by atoms with van der Waals surface area (Å²) < 4.78 is 26.3. The van der Waals surface area contributed by atoms with Gasteiger partial charge in [0.2, 0.25) is 0 Å². The highest BCUT2D eigenvalue weighted by atomic mass is 32.2. The number of carbonyl (C=O) groups is 1. The molecule has 1 N–H and O–H groups in total. The molecule has 112 valence electrons. The van der Waals surface area contributed by atoms with Gasteiger partial charge in [-0.3, -0.25) is 9.71 Å². The minimum Gasteiger partial charge on any atom is -0.545 e. The predicted molar refractivity (Wildman–Crippen MR) is 77.8 cm³/mol. The van der Waals surface area contributed by atoms with Gasteiger partial charge in [0.15, 0.2) is 0 Å². The fraction of sp³-hybridized carbons (Fsp3) is 0.0667. The quantitative estimate of drug-likeness (QED) is 0.880. The van der Waals surface area contributed by atoms with Crippen LogP contribution in [0.25, 0.3) is 0 Å². The first-order valence-electron chi connectivity index (χ1n) is 6.44. The standard InChI is InChI=1S/C15H12N2O4S/c18-15(19)11-7-5-10(6-8-11)9-16-14-12-3-1-2-4-13(12)22(20,21)17-14/h1-8H,9H2,(H,16,17)(H,18,19)/p-1. The monoisotopic (exact) mass is 315 g/mol. The van der Waals surface area contributed by atoms with E-state index in [1.165, 1.54) is 18.2 Å². The molecule has 0 fully saturated rings. The Labute approximate surface area is 127 Å². The third-order valence-corrected chi connectivity index (χ3v) is 4.67. The Hall–Kier alpha value is -2.67. The van der Waals surface area contributed by atoms with E-state index in [0.29, 0.717) is 11.4 Å². The molecule has 0 spiro atoms. The van der Waals surface area contributed by atoms with Crippen LogP contribution in [0.5, 0.6) is 0 Å². The number of aromatic carboxylic acids is 1. The van der Waals surface area contributed by atoms with Crippen molar-refractivity contribution in [1.29, 1.82) is 0 Å². The molecule has 3 rings (SSSR count). The van der Waals surface area contributed by atoms with E-state index in [0.717, 1.165) is 5.56 Å². The molecule has 1 heterocycles. The molecule has 22 heavy (non-hydrogen) atoms. The summed E-state index contributed by atoms with van der Waals surface area (Å²) in [6.45, 7) is 0.236.